The quantitative estimate of drug-likeness (QED) is 0.644. The molecule has 0 radical (unpaired) electrons. The van der Waals surface area contributed by atoms with Crippen LogP contribution in [0.15, 0.2) is 0 Å². The molecular formula is C12H16O. The van der Waals surface area contributed by atoms with E-state index in [1.807, 2.05) is 0 Å². The summed E-state index contributed by atoms with van der Waals surface area (Å²) in [6.07, 6.45) is 0.649. The smallest absolute Gasteiger partial charge is 0.0836 e. The Balaban J connectivity index is 2.75. The summed E-state index contributed by atoms with van der Waals surface area (Å²) in [5.41, 5.74) is 7.98. The van der Waals surface area contributed by atoms with E-state index >= 15 is 0 Å². The highest BCUT2D eigenvalue weighted by molar-refractivity contribution is 5.55. The monoisotopic (exact) mass is 176 g/mol. The van der Waals surface area contributed by atoms with Gasteiger partial charge in [-0.2, -0.15) is 0 Å². The average molecular weight is 176 g/mol. The normalized spacial score (nSPS) is 19.6. The Bertz CT molecular complexity index is 354. The standard InChI is InChI=1S/C12H16O/c1-6-7(2)9(4)12-10(8(6)3)5-11(12)13/h11,13H,5H2,1-4H3. The third-order valence-electron chi connectivity index (χ3n) is 3.60. The Morgan fingerprint density at radius 3 is 2.00 bits per heavy atom. The van der Waals surface area contributed by atoms with Gasteiger partial charge in [0.1, 0.15) is 0 Å². The predicted molar refractivity (Wildman–Crippen MR) is 54.1 cm³/mol. The van der Waals surface area contributed by atoms with E-state index < -0.39 is 0 Å². The second-order valence-electron chi connectivity index (χ2n) is 4.11. The minimum atomic E-state index is -0.201. The van der Waals surface area contributed by atoms with Crippen LogP contribution in [0.25, 0.3) is 0 Å². The van der Waals surface area contributed by atoms with Crippen molar-refractivity contribution in [1.82, 2.24) is 0 Å². The average Bonchev–Trinajstić information content (AvgIpc) is 2.08. The molecule has 1 aromatic carbocycles. The molecule has 1 heteroatoms. The summed E-state index contributed by atoms with van der Waals surface area (Å²) in [6, 6.07) is 0. The lowest BCUT2D eigenvalue weighted by Gasteiger charge is -2.32. The Hall–Kier alpha value is -0.820. The lowest BCUT2D eigenvalue weighted by molar-refractivity contribution is 0.152. The van der Waals surface area contributed by atoms with Crippen LogP contribution in [-0.2, 0) is 6.42 Å². The second-order valence-corrected chi connectivity index (χ2v) is 4.11. The van der Waals surface area contributed by atoms with Crippen molar-refractivity contribution in [2.75, 3.05) is 0 Å². The molecule has 0 spiro atoms. The number of hydrogen-bond acceptors (Lipinski definition) is 1. The summed E-state index contributed by atoms with van der Waals surface area (Å²) in [6.45, 7) is 8.58. The predicted octanol–water partition coefficient (Wildman–Crippen LogP) is 2.51. The summed E-state index contributed by atoms with van der Waals surface area (Å²) < 4.78 is 0. The fourth-order valence-corrected chi connectivity index (χ4v) is 2.30. The first-order valence-electron chi connectivity index (χ1n) is 4.81. The number of fused-ring (bicyclic) bond motifs is 1. The van der Waals surface area contributed by atoms with Crippen molar-refractivity contribution in [3.8, 4) is 0 Å². The van der Waals surface area contributed by atoms with Crippen molar-refractivity contribution >= 4 is 0 Å². The molecule has 1 aliphatic rings. The van der Waals surface area contributed by atoms with Crippen molar-refractivity contribution in [1.29, 1.82) is 0 Å². The van der Waals surface area contributed by atoms with Gasteiger partial charge < -0.3 is 5.11 Å². The SMILES string of the molecule is Cc1c(C)c(C)c2c(c1C)CC2O. The summed E-state index contributed by atoms with van der Waals surface area (Å²) in [4.78, 5) is 0. The fraction of sp³-hybridized carbons (Fsp3) is 0.500. The topological polar surface area (TPSA) is 20.2 Å². The van der Waals surface area contributed by atoms with Crippen LogP contribution in [0.3, 0.4) is 0 Å². The van der Waals surface area contributed by atoms with Crippen molar-refractivity contribution < 1.29 is 5.11 Å². The number of rotatable bonds is 0. The first-order valence-corrected chi connectivity index (χ1v) is 4.81. The molecule has 1 atom stereocenters. The maximum absolute atomic E-state index is 9.62. The third-order valence-corrected chi connectivity index (χ3v) is 3.60. The zero-order chi connectivity index (χ0) is 9.75. The van der Waals surface area contributed by atoms with Gasteiger partial charge in [0.15, 0.2) is 0 Å². The lowest BCUT2D eigenvalue weighted by atomic mass is 9.76. The highest BCUT2D eigenvalue weighted by atomic mass is 16.3. The van der Waals surface area contributed by atoms with Crippen molar-refractivity contribution in [3.05, 3.63) is 33.4 Å². The molecule has 2 rings (SSSR count). The first-order chi connectivity index (χ1) is 6.04. The molecule has 0 heterocycles. The molecule has 1 unspecified atom stereocenters. The third kappa shape index (κ3) is 0.969. The molecule has 0 aromatic heterocycles. The van der Waals surface area contributed by atoms with E-state index in [4.69, 9.17) is 0 Å². The van der Waals surface area contributed by atoms with Gasteiger partial charge >= 0.3 is 0 Å². The molecule has 13 heavy (non-hydrogen) atoms. The van der Waals surface area contributed by atoms with Gasteiger partial charge in [-0.25, -0.2) is 0 Å². The van der Waals surface area contributed by atoms with Crippen LogP contribution in [0.2, 0.25) is 0 Å². The van der Waals surface area contributed by atoms with Gasteiger partial charge in [0, 0.05) is 6.42 Å². The Morgan fingerprint density at radius 1 is 0.923 bits per heavy atom. The van der Waals surface area contributed by atoms with Crippen LogP contribution in [0, 0.1) is 27.7 Å². The molecule has 1 aliphatic carbocycles. The van der Waals surface area contributed by atoms with Gasteiger partial charge in [-0.05, 0) is 61.1 Å². The van der Waals surface area contributed by atoms with Crippen LogP contribution in [-0.4, -0.2) is 5.11 Å². The molecule has 0 saturated heterocycles. The van der Waals surface area contributed by atoms with E-state index in [-0.39, 0.29) is 6.10 Å². The van der Waals surface area contributed by atoms with Crippen LogP contribution in [0.5, 0.6) is 0 Å². The minimum absolute atomic E-state index is 0.201. The number of aliphatic hydroxyl groups excluding tert-OH is 1. The molecule has 0 saturated carbocycles. The number of benzene rings is 1. The summed E-state index contributed by atoms with van der Waals surface area (Å²) in [7, 11) is 0. The van der Waals surface area contributed by atoms with Crippen LogP contribution in [0.4, 0.5) is 0 Å². The summed E-state index contributed by atoms with van der Waals surface area (Å²) in [5.74, 6) is 0. The van der Waals surface area contributed by atoms with Gasteiger partial charge in [0.05, 0.1) is 6.10 Å². The van der Waals surface area contributed by atoms with Crippen molar-refractivity contribution in [2.45, 2.75) is 40.2 Å². The molecule has 0 amide bonds. The van der Waals surface area contributed by atoms with Gasteiger partial charge in [-0.3, -0.25) is 0 Å². The molecule has 1 aromatic rings. The molecule has 1 nitrogen and oxygen atoms in total. The second kappa shape index (κ2) is 2.58. The van der Waals surface area contributed by atoms with E-state index in [0.717, 1.165) is 6.42 Å². The Kier molecular flexibility index (Phi) is 1.74. The summed E-state index contributed by atoms with van der Waals surface area (Å²) >= 11 is 0. The van der Waals surface area contributed by atoms with Crippen molar-refractivity contribution in [3.63, 3.8) is 0 Å². The fourth-order valence-electron chi connectivity index (χ4n) is 2.30. The van der Waals surface area contributed by atoms with Gasteiger partial charge in [0.25, 0.3) is 0 Å². The van der Waals surface area contributed by atoms with Crippen LogP contribution < -0.4 is 0 Å². The highest BCUT2D eigenvalue weighted by Gasteiger charge is 2.29. The first kappa shape index (κ1) is 8.76. The maximum Gasteiger partial charge on any atom is 0.0836 e. The molecule has 0 fully saturated rings. The summed E-state index contributed by atoms with van der Waals surface area (Å²) in [5, 5.41) is 9.62. The molecule has 70 valence electrons. The van der Waals surface area contributed by atoms with E-state index in [9.17, 15) is 5.11 Å². The van der Waals surface area contributed by atoms with Crippen LogP contribution in [0.1, 0.15) is 39.5 Å². The van der Waals surface area contributed by atoms with Crippen molar-refractivity contribution in [2.24, 2.45) is 0 Å². The largest absolute Gasteiger partial charge is 0.388 e. The molecule has 1 N–H and O–H groups in total. The zero-order valence-electron chi connectivity index (χ0n) is 8.73. The van der Waals surface area contributed by atoms with E-state index in [1.54, 1.807) is 0 Å². The number of aliphatic hydroxyl groups is 1. The zero-order valence-corrected chi connectivity index (χ0v) is 8.73. The molecule has 0 aliphatic heterocycles. The van der Waals surface area contributed by atoms with Crippen LogP contribution >= 0.6 is 0 Å². The van der Waals surface area contributed by atoms with E-state index in [2.05, 4.69) is 27.7 Å². The van der Waals surface area contributed by atoms with Gasteiger partial charge in [0.2, 0.25) is 0 Å². The van der Waals surface area contributed by atoms with E-state index in [1.165, 1.54) is 33.4 Å². The van der Waals surface area contributed by atoms with Gasteiger partial charge in [-0.1, -0.05) is 0 Å². The minimum Gasteiger partial charge on any atom is -0.388 e. The Labute approximate surface area is 79.4 Å². The highest BCUT2D eigenvalue weighted by Crippen LogP contribution is 2.40. The van der Waals surface area contributed by atoms with E-state index in [0.29, 0.717) is 0 Å². The number of hydrogen-bond donors (Lipinski definition) is 1. The lowest BCUT2D eigenvalue weighted by Crippen LogP contribution is -2.21. The molecular weight excluding hydrogens is 160 g/mol. The van der Waals surface area contributed by atoms with Gasteiger partial charge in [-0.15, -0.1) is 0 Å². The maximum atomic E-state index is 9.62. The molecule has 0 bridgehead atoms. The Morgan fingerprint density at radius 2 is 1.46 bits per heavy atom.